The highest BCUT2D eigenvalue weighted by molar-refractivity contribution is 5.96. The summed E-state index contributed by atoms with van der Waals surface area (Å²) < 4.78 is 7.70. The summed E-state index contributed by atoms with van der Waals surface area (Å²) in [5, 5.41) is 14.2. The van der Waals surface area contributed by atoms with Gasteiger partial charge in [-0.1, -0.05) is 63.2 Å². The Balaban J connectivity index is 1.47. The van der Waals surface area contributed by atoms with Crippen molar-refractivity contribution in [3.63, 3.8) is 0 Å². The Labute approximate surface area is 221 Å². The van der Waals surface area contributed by atoms with E-state index in [0.717, 1.165) is 50.5 Å². The fourth-order valence-corrected chi connectivity index (χ4v) is 4.43. The molecular weight excluding hydrogens is 472 g/mol. The number of nitrogens with one attached hydrogen (secondary N) is 2. The van der Waals surface area contributed by atoms with Crippen LogP contribution in [0.25, 0.3) is 27.5 Å². The van der Waals surface area contributed by atoms with Crippen molar-refractivity contribution in [1.82, 2.24) is 19.7 Å². The Morgan fingerprint density at radius 2 is 1.45 bits per heavy atom. The zero-order valence-corrected chi connectivity index (χ0v) is 22.0. The molecule has 0 aliphatic heterocycles. The van der Waals surface area contributed by atoms with Crippen LogP contribution in [0.1, 0.15) is 38.0 Å². The smallest absolute Gasteiger partial charge is 0.175 e. The van der Waals surface area contributed by atoms with Gasteiger partial charge in [0.2, 0.25) is 0 Å². The molecule has 0 spiro atoms. The van der Waals surface area contributed by atoms with Crippen LogP contribution in [0.3, 0.4) is 0 Å². The van der Waals surface area contributed by atoms with Crippen LogP contribution in [-0.4, -0.2) is 19.7 Å². The lowest BCUT2D eigenvalue weighted by Gasteiger charge is -2.14. The van der Waals surface area contributed by atoms with Gasteiger partial charge in [-0.15, -0.1) is 0 Å². The van der Waals surface area contributed by atoms with Crippen molar-refractivity contribution in [3.8, 4) is 5.69 Å². The molecule has 2 N–H and O–H groups in total. The Hall–Kier alpha value is -4.65. The maximum absolute atomic E-state index is 5.78. The number of benzene rings is 3. The first kappa shape index (κ1) is 23.7. The van der Waals surface area contributed by atoms with E-state index < -0.39 is 0 Å². The summed E-state index contributed by atoms with van der Waals surface area (Å²) >= 11 is 0. The number of rotatable bonds is 6. The lowest BCUT2D eigenvalue weighted by Crippen LogP contribution is -2.12. The number of anilines is 3. The molecule has 0 saturated heterocycles. The van der Waals surface area contributed by atoms with E-state index in [2.05, 4.69) is 61.7 Å². The summed E-state index contributed by atoms with van der Waals surface area (Å²) in [6.45, 7) is 8.91. The molecular formula is C31H30N6O. The Morgan fingerprint density at radius 1 is 0.789 bits per heavy atom. The molecule has 38 heavy (non-hydrogen) atoms. The van der Waals surface area contributed by atoms with E-state index in [9.17, 15) is 0 Å². The van der Waals surface area contributed by atoms with Crippen LogP contribution < -0.4 is 10.6 Å². The first-order valence-corrected chi connectivity index (χ1v) is 12.8. The third kappa shape index (κ3) is 4.70. The first-order chi connectivity index (χ1) is 18.3. The fourth-order valence-electron chi connectivity index (χ4n) is 4.43. The predicted molar refractivity (Wildman–Crippen MR) is 153 cm³/mol. The number of hydrogen-bond acceptors (Lipinski definition) is 6. The average Bonchev–Trinajstić information content (AvgIpc) is 3.53. The van der Waals surface area contributed by atoms with Gasteiger partial charge in [0.25, 0.3) is 0 Å². The van der Waals surface area contributed by atoms with Crippen molar-refractivity contribution in [2.45, 2.75) is 39.7 Å². The van der Waals surface area contributed by atoms with Crippen LogP contribution in [0.2, 0.25) is 0 Å². The number of para-hydroxylation sites is 1. The molecule has 7 nitrogen and oxygen atoms in total. The second-order valence-electron chi connectivity index (χ2n) is 10.5. The second kappa shape index (κ2) is 9.34. The highest BCUT2D eigenvalue weighted by atomic mass is 16.3. The van der Waals surface area contributed by atoms with Crippen molar-refractivity contribution in [1.29, 1.82) is 0 Å². The second-order valence-corrected chi connectivity index (χ2v) is 10.5. The summed E-state index contributed by atoms with van der Waals surface area (Å²) in [6.07, 6.45) is 0. The van der Waals surface area contributed by atoms with E-state index in [0.29, 0.717) is 18.2 Å². The van der Waals surface area contributed by atoms with E-state index in [4.69, 9.17) is 19.5 Å². The minimum atomic E-state index is -0.122. The minimum Gasteiger partial charge on any atom is -0.465 e. The summed E-state index contributed by atoms with van der Waals surface area (Å²) in [6, 6.07) is 28.5. The summed E-state index contributed by atoms with van der Waals surface area (Å²) in [5.74, 6) is 3.77. The van der Waals surface area contributed by atoms with Crippen LogP contribution in [-0.2, 0) is 12.0 Å². The van der Waals surface area contributed by atoms with Gasteiger partial charge in [0.1, 0.15) is 17.3 Å². The van der Waals surface area contributed by atoms with Gasteiger partial charge in [0.05, 0.1) is 29.0 Å². The van der Waals surface area contributed by atoms with Crippen LogP contribution in [0.15, 0.2) is 89.3 Å². The van der Waals surface area contributed by atoms with Crippen molar-refractivity contribution in [2.75, 3.05) is 10.6 Å². The molecule has 0 saturated carbocycles. The largest absolute Gasteiger partial charge is 0.465 e. The molecule has 3 aromatic heterocycles. The minimum absolute atomic E-state index is 0.122. The highest BCUT2D eigenvalue weighted by Crippen LogP contribution is 2.31. The van der Waals surface area contributed by atoms with Crippen molar-refractivity contribution in [2.24, 2.45) is 0 Å². The number of furan rings is 1. The summed E-state index contributed by atoms with van der Waals surface area (Å²) in [7, 11) is 0. The molecule has 0 amide bonds. The summed E-state index contributed by atoms with van der Waals surface area (Å²) in [4.78, 5) is 10.0. The van der Waals surface area contributed by atoms with Crippen LogP contribution >= 0.6 is 0 Å². The van der Waals surface area contributed by atoms with Crippen molar-refractivity contribution in [3.05, 3.63) is 102 Å². The Bertz CT molecular complexity index is 1740. The van der Waals surface area contributed by atoms with Gasteiger partial charge in [-0.25, -0.2) is 14.6 Å². The van der Waals surface area contributed by atoms with E-state index >= 15 is 0 Å². The van der Waals surface area contributed by atoms with Gasteiger partial charge in [0, 0.05) is 11.5 Å². The average molecular weight is 503 g/mol. The Kier molecular flexibility index (Phi) is 5.83. The predicted octanol–water partition coefficient (Wildman–Crippen LogP) is 7.52. The van der Waals surface area contributed by atoms with Crippen LogP contribution in [0, 0.1) is 6.92 Å². The molecule has 7 heteroatoms. The third-order valence-electron chi connectivity index (χ3n) is 6.48. The molecule has 0 atom stereocenters. The molecule has 190 valence electrons. The number of aryl methyl sites for hydroxylation is 1. The maximum atomic E-state index is 5.78. The highest BCUT2D eigenvalue weighted by Gasteiger charge is 2.22. The fraction of sp³-hybridized carbons (Fsp3) is 0.194. The maximum Gasteiger partial charge on any atom is 0.175 e. The number of fused-ring (bicyclic) bond motifs is 2. The van der Waals surface area contributed by atoms with Gasteiger partial charge in [-0.05, 0) is 54.1 Å². The molecule has 0 aliphatic rings. The van der Waals surface area contributed by atoms with E-state index in [1.54, 1.807) is 0 Å². The number of hydrogen-bond donors (Lipinski definition) is 2. The molecule has 6 aromatic rings. The molecule has 3 aromatic carbocycles. The lowest BCUT2D eigenvalue weighted by molar-refractivity contribution is 0.490. The number of nitrogens with zero attached hydrogens (tertiary/aromatic N) is 4. The monoisotopic (exact) mass is 502 g/mol. The summed E-state index contributed by atoms with van der Waals surface area (Å²) in [5.41, 5.74) is 3.45. The topological polar surface area (TPSA) is 80.8 Å². The molecule has 0 fully saturated rings. The van der Waals surface area contributed by atoms with Gasteiger partial charge in [0.15, 0.2) is 11.6 Å². The normalized spacial score (nSPS) is 11.8. The molecule has 0 radical (unpaired) electrons. The van der Waals surface area contributed by atoms with E-state index in [1.807, 2.05) is 66.2 Å². The molecule has 0 unspecified atom stereocenters. The third-order valence-corrected chi connectivity index (χ3v) is 6.48. The molecule has 0 bridgehead atoms. The van der Waals surface area contributed by atoms with Crippen LogP contribution in [0.5, 0.6) is 0 Å². The zero-order chi connectivity index (χ0) is 26.3. The first-order valence-electron chi connectivity index (χ1n) is 12.8. The van der Waals surface area contributed by atoms with Gasteiger partial charge >= 0.3 is 0 Å². The van der Waals surface area contributed by atoms with Crippen molar-refractivity contribution >= 4 is 39.3 Å². The van der Waals surface area contributed by atoms with Gasteiger partial charge in [-0.2, -0.15) is 5.10 Å². The van der Waals surface area contributed by atoms with E-state index in [-0.39, 0.29) is 5.41 Å². The lowest BCUT2D eigenvalue weighted by atomic mass is 9.92. The molecule has 6 rings (SSSR count). The SMILES string of the molecule is Cc1ccc(CNc2nc3cc4ccccc4cc3nc2Nc2cc(C(C)(C)C)nn2-c2ccccc2)o1. The molecule has 0 aliphatic carbocycles. The molecule has 3 heterocycles. The number of aromatic nitrogens is 4. The zero-order valence-electron chi connectivity index (χ0n) is 22.0. The van der Waals surface area contributed by atoms with Gasteiger partial charge < -0.3 is 15.1 Å². The van der Waals surface area contributed by atoms with E-state index in [1.165, 1.54) is 0 Å². The quantitative estimate of drug-likeness (QED) is 0.229. The van der Waals surface area contributed by atoms with Crippen molar-refractivity contribution < 1.29 is 4.42 Å². The standard InChI is InChI=1S/C31H30N6O/c1-20-14-15-24(38-20)19-32-29-30(34-26-17-22-11-9-8-10-21(22)16-25(26)33-29)35-28-18-27(31(2,3)4)36-37(28)23-12-6-5-7-13-23/h5-18H,19H2,1-4H3,(H,32,33)(H,34,35). The van der Waals surface area contributed by atoms with Gasteiger partial charge in [-0.3, -0.25) is 0 Å². The Morgan fingerprint density at radius 3 is 2.08 bits per heavy atom. The van der Waals surface area contributed by atoms with Crippen LogP contribution in [0.4, 0.5) is 17.5 Å².